The molecule has 0 aliphatic carbocycles. The average molecular weight is 267 g/mol. The van der Waals surface area contributed by atoms with E-state index in [1.165, 1.54) is 17.7 Å². The first-order valence-electron chi connectivity index (χ1n) is 7.38. The second-order valence-corrected chi connectivity index (χ2v) is 5.72. The van der Waals surface area contributed by atoms with Crippen LogP contribution in [0, 0.1) is 5.92 Å². The zero-order valence-corrected chi connectivity index (χ0v) is 12.0. The van der Waals surface area contributed by atoms with E-state index in [0.29, 0.717) is 12.3 Å². The lowest BCUT2D eigenvalue weighted by molar-refractivity contribution is -0.138. The smallest absolute Gasteiger partial charge is 0.246 e. The molecule has 0 aromatic heterocycles. The van der Waals surface area contributed by atoms with E-state index in [-0.39, 0.29) is 17.9 Å². The number of rotatable bonds is 5. The Balaban J connectivity index is 1.98. The lowest BCUT2D eigenvalue weighted by atomic mass is 9.98. The summed E-state index contributed by atoms with van der Waals surface area (Å²) in [6.07, 6.45) is 3.80. The zero-order chi connectivity index (χ0) is 13.8. The van der Waals surface area contributed by atoms with Crippen molar-refractivity contribution in [2.24, 2.45) is 5.92 Å². The van der Waals surface area contributed by atoms with E-state index in [2.05, 4.69) is 17.1 Å². The Bertz CT molecular complexity index is 340. The van der Waals surface area contributed by atoms with Gasteiger partial charge < -0.3 is 5.32 Å². The van der Waals surface area contributed by atoms with Crippen molar-refractivity contribution in [1.29, 1.82) is 0 Å². The molecule has 5 nitrogen and oxygen atoms in total. The van der Waals surface area contributed by atoms with Crippen molar-refractivity contribution < 1.29 is 9.59 Å². The van der Waals surface area contributed by atoms with Gasteiger partial charge in [-0.1, -0.05) is 6.92 Å². The summed E-state index contributed by atoms with van der Waals surface area (Å²) >= 11 is 0. The molecule has 2 fully saturated rings. The summed E-state index contributed by atoms with van der Waals surface area (Å²) < 4.78 is 0. The summed E-state index contributed by atoms with van der Waals surface area (Å²) in [7, 11) is 1.59. The van der Waals surface area contributed by atoms with Crippen molar-refractivity contribution in [3.8, 4) is 0 Å². The molecule has 19 heavy (non-hydrogen) atoms. The molecule has 0 radical (unpaired) electrons. The number of piperidine rings is 1. The van der Waals surface area contributed by atoms with Crippen LogP contribution in [-0.4, -0.2) is 60.9 Å². The fourth-order valence-corrected chi connectivity index (χ4v) is 3.09. The molecule has 0 bridgehead atoms. The molecule has 2 amide bonds. The highest BCUT2D eigenvalue weighted by atomic mass is 16.2. The maximum absolute atomic E-state index is 12.1. The monoisotopic (exact) mass is 267 g/mol. The number of carbonyl (C=O) groups is 2. The number of amides is 2. The number of likely N-dealkylation sites (tertiary alicyclic amines) is 1. The third kappa shape index (κ3) is 3.34. The summed E-state index contributed by atoms with van der Waals surface area (Å²) in [5.74, 6) is 0.536. The predicted molar refractivity (Wildman–Crippen MR) is 73.6 cm³/mol. The Hall–Kier alpha value is -0.940. The van der Waals surface area contributed by atoms with Crippen LogP contribution in [0.5, 0.6) is 0 Å². The van der Waals surface area contributed by atoms with Crippen LogP contribution in [0.2, 0.25) is 0 Å². The van der Waals surface area contributed by atoms with Gasteiger partial charge in [0.05, 0.1) is 12.5 Å². The van der Waals surface area contributed by atoms with E-state index in [4.69, 9.17) is 0 Å². The molecular formula is C14H25N3O2. The minimum Gasteiger partial charge on any atom is -0.316 e. The van der Waals surface area contributed by atoms with Gasteiger partial charge in [-0.15, -0.1) is 0 Å². The summed E-state index contributed by atoms with van der Waals surface area (Å²) in [6.45, 7) is 6.09. The van der Waals surface area contributed by atoms with Gasteiger partial charge >= 0.3 is 0 Å². The summed E-state index contributed by atoms with van der Waals surface area (Å²) in [5.41, 5.74) is 0. The number of carbonyl (C=O) groups excluding carboxylic acids is 2. The number of hydrogen-bond donors (Lipinski definition) is 1. The molecule has 0 saturated carbocycles. The average Bonchev–Trinajstić information content (AvgIpc) is 2.67. The third-order valence-electron chi connectivity index (χ3n) is 4.20. The second kappa shape index (κ2) is 6.48. The highest BCUT2D eigenvalue weighted by Crippen LogP contribution is 2.21. The molecule has 2 aliphatic rings. The number of nitrogens with zero attached hydrogens (tertiary/aromatic N) is 2. The Morgan fingerprint density at radius 1 is 1.42 bits per heavy atom. The van der Waals surface area contributed by atoms with Crippen molar-refractivity contribution in [1.82, 2.24) is 15.1 Å². The number of likely N-dealkylation sites (N-methyl/N-ethyl adjacent to an activating group) is 1. The molecular weight excluding hydrogens is 242 g/mol. The molecule has 0 aromatic carbocycles. The third-order valence-corrected chi connectivity index (χ3v) is 4.20. The molecule has 5 heteroatoms. The minimum atomic E-state index is -0.223. The van der Waals surface area contributed by atoms with Crippen LogP contribution < -0.4 is 5.32 Å². The molecule has 0 aromatic rings. The van der Waals surface area contributed by atoms with Crippen molar-refractivity contribution in [3.05, 3.63) is 0 Å². The molecule has 2 aliphatic heterocycles. The number of imide groups is 1. The van der Waals surface area contributed by atoms with Crippen LogP contribution in [0.1, 0.15) is 32.6 Å². The van der Waals surface area contributed by atoms with Gasteiger partial charge in [-0.3, -0.25) is 19.4 Å². The highest BCUT2D eigenvalue weighted by molar-refractivity contribution is 6.05. The van der Waals surface area contributed by atoms with Crippen molar-refractivity contribution >= 4 is 11.8 Å². The molecule has 2 rings (SSSR count). The predicted octanol–water partition coefficient (Wildman–Crippen LogP) is 0.455. The van der Waals surface area contributed by atoms with Gasteiger partial charge in [0, 0.05) is 13.6 Å². The standard InChI is InChI=1S/C14H25N3O2/c1-3-7-17(10-11-5-4-6-15-9-11)12-8-13(18)16(2)14(12)19/h11-12,15H,3-10H2,1-2H3. The quantitative estimate of drug-likeness (QED) is 0.735. The van der Waals surface area contributed by atoms with Crippen LogP contribution in [0.15, 0.2) is 0 Å². The van der Waals surface area contributed by atoms with Gasteiger partial charge in [-0.05, 0) is 44.8 Å². The zero-order valence-electron chi connectivity index (χ0n) is 12.0. The number of nitrogens with one attached hydrogen (secondary N) is 1. The number of hydrogen-bond acceptors (Lipinski definition) is 4. The van der Waals surface area contributed by atoms with E-state index in [1.54, 1.807) is 7.05 Å². The van der Waals surface area contributed by atoms with Gasteiger partial charge in [0.2, 0.25) is 11.8 Å². The fourth-order valence-electron chi connectivity index (χ4n) is 3.09. The van der Waals surface area contributed by atoms with Crippen LogP contribution in [-0.2, 0) is 9.59 Å². The van der Waals surface area contributed by atoms with Gasteiger partial charge in [0.25, 0.3) is 0 Å². The molecule has 2 saturated heterocycles. The summed E-state index contributed by atoms with van der Waals surface area (Å²) in [5, 5.41) is 3.41. The Morgan fingerprint density at radius 3 is 2.74 bits per heavy atom. The maximum atomic E-state index is 12.1. The van der Waals surface area contributed by atoms with Crippen molar-refractivity contribution in [2.45, 2.75) is 38.6 Å². The van der Waals surface area contributed by atoms with E-state index in [9.17, 15) is 9.59 Å². The van der Waals surface area contributed by atoms with Crippen molar-refractivity contribution in [3.63, 3.8) is 0 Å². The largest absolute Gasteiger partial charge is 0.316 e. The first-order valence-corrected chi connectivity index (χ1v) is 7.38. The fraction of sp³-hybridized carbons (Fsp3) is 0.857. The topological polar surface area (TPSA) is 52.7 Å². The maximum Gasteiger partial charge on any atom is 0.246 e. The Morgan fingerprint density at radius 2 is 2.21 bits per heavy atom. The van der Waals surface area contributed by atoms with E-state index in [0.717, 1.165) is 32.6 Å². The summed E-state index contributed by atoms with van der Waals surface area (Å²) in [4.78, 5) is 27.3. The van der Waals surface area contributed by atoms with Gasteiger partial charge in [0.15, 0.2) is 0 Å². The van der Waals surface area contributed by atoms with Crippen LogP contribution >= 0.6 is 0 Å². The molecule has 2 atom stereocenters. The first-order chi connectivity index (χ1) is 9.13. The normalized spacial score (nSPS) is 28.5. The lowest BCUT2D eigenvalue weighted by Gasteiger charge is -2.32. The van der Waals surface area contributed by atoms with Gasteiger partial charge in [0.1, 0.15) is 0 Å². The first kappa shape index (κ1) is 14.5. The second-order valence-electron chi connectivity index (χ2n) is 5.72. The van der Waals surface area contributed by atoms with Crippen LogP contribution in [0.25, 0.3) is 0 Å². The van der Waals surface area contributed by atoms with E-state index >= 15 is 0 Å². The van der Waals surface area contributed by atoms with Crippen LogP contribution in [0.4, 0.5) is 0 Å². The van der Waals surface area contributed by atoms with Crippen LogP contribution in [0.3, 0.4) is 0 Å². The van der Waals surface area contributed by atoms with Gasteiger partial charge in [-0.2, -0.15) is 0 Å². The molecule has 2 heterocycles. The summed E-state index contributed by atoms with van der Waals surface area (Å²) in [6, 6.07) is -0.223. The molecule has 2 unspecified atom stereocenters. The minimum absolute atomic E-state index is 0.0257. The Kier molecular flexibility index (Phi) is 4.93. The van der Waals surface area contributed by atoms with Gasteiger partial charge in [-0.25, -0.2) is 0 Å². The molecule has 1 N–H and O–H groups in total. The Labute approximate surface area is 115 Å². The van der Waals surface area contributed by atoms with Crippen molar-refractivity contribution in [2.75, 3.05) is 33.2 Å². The van der Waals surface area contributed by atoms with E-state index < -0.39 is 0 Å². The molecule has 0 spiro atoms. The van der Waals surface area contributed by atoms with E-state index in [1.807, 2.05) is 0 Å². The SMILES string of the molecule is CCCN(CC1CCCNC1)C1CC(=O)N(C)C1=O. The lowest BCUT2D eigenvalue weighted by Crippen LogP contribution is -2.46. The highest BCUT2D eigenvalue weighted by Gasteiger charge is 2.40. The molecule has 108 valence electrons.